The van der Waals surface area contributed by atoms with Gasteiger partial charge in [0.25, 0.3) is 0 Å². The van der Waals surface area contributed by atoms with Crippen molar-refractivity contribution < 1.29 is 0 Å². The summed E-state index contributed by atoms with van der Waals surface area (Å²) in [5, 5.41) is 2.14. The summed E-state index contributed by atoms with van der Waals surface area (Å²) in [4.78, 5) is 9.98. The first kappa shape index (κ1) is 27.2. The quantitative estimate of drug-likeness (QED) is 0.116. The Balaban J connectivity index is 1.68. The van der Waals surface area contributed by atoms with Crippen LogP contribution in [-0.2, 0) is 12.8 Å². The number of unbranched alkanes of at least 4 members (excludes halogenated alkanes) is 4. The van der Waals surface area contributed by atoms with Gasteiger partial charge in [-0.2, -0.15) is 0 Å². The summed E-state index contributed by atoms with van der Waals surface area (Å²) >= 11 is 0. The summed E-state index contributed by atoms with van der Waals surface area (Å²) < 4.78 is 0. The van der Waals surface area contributed by atoms with E-state index < -0.39 is 0 Å². The molecule has 0 saturated heterocycles. The molecule has 0 radical (unpaired) electrons. The van der Waals surface area contributed by atoms with Gasteiger partial charge < -0.3 is 0 Å². The number of hydrogen-bond donors (Lipinski definition) is 0. The Bertz CT molecular complexity index is 1580. The molecular formula is C38H36N2. The highest BCUT2D eigenvalue weighted by atomic mass is 14.7. The van der Waals surface area contributed by atoms with E-state index in [0.717, 1.165) is 69.7 Å². The number of rotatable bonds is 8. The fourth-order valence-electron chi connectivity index (χ4n) is 5.12. The number of aryl methyl sites for hydroxylation is 2. The number of aromatic nitrogens is 2. The molecule has 2 heterocycles. The van der Waals surface area contributed by atoms with E-state index in [1.165, 1.54) is 36.8 Å². The lowest BCUT2D eigenvalue weighted by atomic mass is 9.95. The third kappa shape index (κ3) is 6.42. The average Bonchev–Trinajstić information content (AvgIpc) is 3.00. The third-order valence-electron chi connectivity index (χ3n) is 7.34. The molecule has 0 aliphatic rings. The first-order chi connectivity index (χ1) is 19.8. The predicted octanol–water partition coefficient (Wildman–Crippen LogP) is 9.05. The van der Waals surface area contributed by atoms with Gasteiger partial charge in [-0.15, -0.1) is 0 Å². The van der Waals surface area contributed by atoms with Crippen LogP contribution in [0, 0.1) is 23.7 Å². The summed E-state index contributed by atoms with van der Waals surface area (Å²) in [5.74, 6) is 13.8. The lowest BCUT2D eigenvalue weighted by molar-refractivity contribution is 0.716. The zero-order valence-electron chi connectivity index (χ0n) is 23.6. The van der Waals surface area contributed by atoms with Crippen molar-refractivity contribution in [3.63, 3.8) is 0 Å². The standard InChI is InChI=1S/C38H36N2/c1-3-5-9-19-31-27-39-37-35(33(31)23-21-29-15-11-7-12-16-29)25-26-36-34(24-22-30-17-13-8-14-18-30)32(20-10-6-4-2)28-40-38(36)37/h7-8,11-18,25-28H,3-6,9-10,19-20H2,1-2H3. The molecule has 198 valence electrons. The van der Waals surface area contributed by atoms with Crippen LogP contribution in [0.1, 0.15) is 85.8 Å². The molecule has 0 saturated carbocycles. The molecule has 40 heavy (non-hydrogen) atoms. The SMILES string of the molecule is CCCCCc1cnc2c(ccc3c(C#Cc4ccccc4)c(CCCCC)cnc32)c1C#Cc1ccccc1. The summed E-state index contributed by atoms with van der Waals surface area (Å²) in [7, 11) is 0. The molecule has 0 amide bonds. The molecule has 2 nitrogen and oxygen atoms in total. The Labute approximate surface area is 238 Å². The van der Waals surface area contributed by atoms with E-state index in [9.17, 15) is 0 Å². The number of fused-ring (bicyclic) bond motifs is 3. The smallest absolute Gasteiger partial charge is 0.0977 e. The van der Waals surface area contributed by atoms with Gasteiger partial charge in [0.15, 0.2) is 0 Å². The monoisotopic (exact) mass is 520 g/mol. The molecule has 0 unspecified atom stereocenters. The Kier molecular flexibility index (Phi) is 9.24. The molecule has 0 N–H and O–H groups in total. The van der Waals surface area contributed by atoms with Gasteiger partial charge in [-0.25, -0.2) is 0 Å². The van der Waals surface area contributed by atoms with Crippen molar-refractivity contribution in [1.82, 2.24) is 9.97 Å². The largest absolute Gasteiger partial charge is 0.254 e. The highest BCUT2D eigenvalue weighted by Gasteiger charge is 2.14. The Morgan fingerprint density at radius 3 is 1.32 bits per heavy atom. The number of nitrogens with zero attached hydrogens (tertiary/aromatic N) is 2. The molecular weight excluding hydrogens is 484 g/mol. The second-order valence-electron chi connectivity index (χ2n) is 10.3. The van der Waals surface area contributed by atoms with Crippen LogP contribution in [0.3, 0.4) is 0 Å². The minimum Gasteiger partial charge on any atom is -0.254 e. The van der Waals surface area contributed by atoms with E-state index in [1.54, 1.807) is 0 Å². The second kappa shape index (κ2) is 13.6. The maximum absolute atomic E-state index is 4.99. The van der Waals surface area contributed by atoms with Gasteiger partial charge >= 0.3 is 0 Å². The molecule has 5 rings (SSSR count). The zero-order chi connectivity index (χ0) is 27.6. The normalized spacial score (nSPS) is 10.7. The van der Waals surface area contributed by atoms with Crippen molar-refractivity contribution in [2.24, 2.45) is 0 Å². The van der Waals surface area contributed by atoms with Crippen LogP contribution in [0.5, 0.6) is 0 Å². The molecule has 0 atom stereocenters. The van der Waals surface area contributed by atoms with Crippen LogP contribution in [0.2, 0.25) is 0 Å². The van der Waals surface area contributed by atoms with E-state index in [1.807, 2.05) is 48.8 Å². The average molecular weight is 521 g/mol. The molecule has 0 spiro atoms. The highest BCUT2D eigenvalue weighted by molar-refractivity contribution is 6.07. The van der Waals surface area contributed by atoms with E-state index in [2.05, 4.69) is 73.9 Å². The van der Waals surface area contributed by atoms with Crippen molar-refractivity contribution in [1.29, 1.82) is 0 Å². The number of hydrogen-bond acceptors (Lipinski definition) is 2. The van der Waals surface area contributed by atoms with Gasteiger partial charge in [-0.05, 0) is 61.1 Å². The molecule has 3 aromatic carbocycles. The maximum atomic E-state index is 4.99. The van der Waals surface area contributed by atoms with Crippen LogP contribution in [0.15, 0.2) is 85.2 Å². The second-order valence-corrected chi connectivity index (χ2v) is 10.3. The van der Waals surface area contributed by atoms with Crippen LogP contribution >= 0.6 is 0 Å². The maximum Gasteiger partial charge on any atom is 0.0977 e. The topological polar surface area (TPSA) is 25.8 Å². The lowest BCUT2D eigenvalue weighted by Crippen LogP contribution is -1.99. The molecule has 2 aromatic heterocycles. The Morgan fingerprint density at radius 2 is 0.925 bits per heavy atom. The molecule has 2 heteroatoms. The van der Waals surface area contributed by atoms with Gasteiger partial charge in [-0.1, -0.05) is 112 Å². The van der Waals surface area contributed by atoms with Gasteiger partial charge in [0.1, 0.15) is 0 Å². The fourth-order valence-corrected chi connectivity index (χ4v) is 5.12. The van der Waals surface area contributed by atoms with Crippen molar-refractivity contribution in [2.75, 3.05) is 0 Å². The molecule has 5 aromatic rings. The molecule has 0 aliphatic heterocycles. The fraction of sp³-hybridized carbons (Fsp3) is 0.263. The third-order valence-corrected chi connectivity index (χ3v) is 7.34. The number of pyridine rings is 2. The van der Waals surface area contributed by atoms with Gasteiger partial charge in [0.2, 0.25) is 0 Å². The number of benzene rings is 3. The zero-order valence-corrected chi connectivity index (χ0v) is 23.6. The summed E-state index contributed by atoms with van der Waals surface area (Å²) in [6.45, 7) is 4.47. The molecule has 0 fully saturated rings. The van der Waals surface area contributed by atoms with Crippen molar-refractivity contribution in [3.8, 4) is 23.7 Å². The minimum atomic E-state index is 0.900. The van der Waals surface area contributed by atoms with Gasteiger partial charge in [0, 0.05) is 45.4 Å². The van der Waals surface area contributed by atoms with E-state index in [4.69, 9.17) is 9.97 Å². The lowest BCUT2D eigenvalue weighted by Gasteiger charge is -2.12. The summed E-state index contributed by atoms with van der Waals surface area (Å²) in [6, 6.07) is 24.8. The van der Waals surface area contributed by atoms with Crippen LogP contribution in [0.4, 0.5) is 0 Å². The molecule has 0 aliphatic carbocycles. The van der Waals surface area contributed by atoms with Crippen LogP contribution < -0.4 is 0 Å². The van der Waals surface area contributed by atoms with Crippen molar-refractivity contribution in [3.05, 3.63) is 119 Å². The Morgan fingerprint density at radius 1 is 0.500 bits per heavy atom. The highest BCUT2D eigenvalue weighted by Crippen LogP contribution is 2.30. The van der Waals surface area contributed by atoms with Crippen molar-refractivity contribution >= 4 is 21.8 Å². The first-order valence-corrected chi connectivity index (χ1v) is 14.6. The van der Waals surface area contributed by atoms with Crippen LogP contribution in [0.25, 0.3) is 21.8 Å². The summed E-state index contributed by atoms with van der Waals surface area (Å²) in [5.41, 5.74) is 8.39. The van der Waals surface area contributed by atoms with Crippen LogP contribution in [-0.4, -0.2) is 9.97 Å². The minimum absolute atomic E-state index is 0.900. The van der Waals surface area contributed by atoms with Gasteiger partial charge in [0.05, 0.1) is 11.0 Å². The van der Waals surface area contributed by atoms with Crippen molar-refractivity contribution in [2.45, 2.75) is 65.2 Å². The van der Waals surface area contributed by atoms with Gasteiger partial charge in [-0.3, -0.25) is 9.97 Å². The Hall–Kier alpha value is -4.40. The van der Waals surface area contributed by atoms with E-state index in [0.29, 0.717) is 0 Å². The van der Waals surface area contributed by atoms with E-state index in [-0.39, 0.29) is 0 Å². The molecule has 0 bridgehead atoms. The van der Waals surface area contributed by atoms with E-state index >= 15 is 0 Å². The first-order valence-electron chi connectivity index (χ1n) is 14.6. The summed E-state index contributed by atoms with van der Waals surface area (Å²) in [6.07, 6.45) is 13.1. The predicted molar refractivity (Wildman–Crippen MR) is 168 cm³/mol.